The van der Waals surface area contributed by atoms with Gasteiger partial charge in [0.1, 0.15) is 5.82 Å². The van der Waals surface area contributed by atoms with Crippen molar-refractivity contribution >= 4 is 23.3 Å². The predicted molar refractivity (Wildman–Crippen MR) is 125 cm³/mol. The van der Waals surface area contributed by atoms with E-state index in [1.54, 1.807) is 6.92 Å². The van der Waals surface area contributed by atoms with Crippen LogP contribution in [0.15, 0.2) is 36.4 Å². The molecule has 1 aromatic heterocycles. The van der Waals surface area contributed by atoms with Crippen molar-refractivity contribution in [3.63, 3.8) is 0 Å². The first-order valence-electron chi connectivity index (χ1n) is 11.4. The van der Waals surface area contributed by atoms with E-state index in [2.05, 4.69) is 29.5 Å². The Morgan fingerprint density at radius 1 is 1.12 bits per heavy atom. The molecule has 1 aromatic carbocycles. The second kappa shape index (κ2) is 9.28. The molecule has 2 aromatic rings. The van der Waals surface area contributed by atoms with Gasteiger partial charge >= 0.3 is 0 Å². The summed E-state index contributed by atoms with van der Waals surface area (Å²) in [4.78, 5) is 32.0. The van der Waals surface area contributed by atoms with Gasteiger partial charge in [-0.1, -0.05) is 13.0 Å². The van der Waals surface area contributed by atoms with E-state index in [0.717, 1.165) is 35.6 Å². The molecule has 3 atom stereocenters. The number of hydrogen-bond donors (Lipinski definition) is 2. The Morgan fingerprint density at radius 2 is 1.88 bits per heavy atom. The van der Waals surface area contributed by atoms with Gasteiger partial charge in [-0.15, -0.1) is 0 Å². The van der Waals surface area contributed by atoms with Crippen LogP contribution in [0.5, 0.6) is 0 Å². The van der Waals surface area contributed by atoms with E-state index in [-0.39, 0.29) is 35.9 Å². The molecule has 3 heterocycles. The Hall–Kier alpha value is -2.93. The van der Waals surface area contributed by atoms with Crippen molar-refractivity contribution in [3.8, 4) is 0 Å². The number of rotatable bonds is 4. The first-order chi connectivity index (χ1) is 15.3. The number of benzene rings is 1. The zero-order valence-electron chi connectivity index (χ0n) is 19.2. The minimum absolute atomic E-state index is 0.00265. The highest BCUT2D eigenvalue weighted by Gasteiger charge is 2.38. The molecular formula is C25H32N4O3. The Balaban J connectivity index is 1.69. The number of fused-ring (bicyclic) bond motifs is 1. The molecule has 2 amide bonds. The van der Waals surface area contributed by atoms with E-state index in [9.17, 15) is 9.59 Å². The maximum atomic E-state index is 13.0. The highest BCUT2D eigenvalue weighted by atomic mass is 16.5. The average Bonchev–Trinajstić information content (AvgIpc) is 2.77. The van der Waals surface area contributed by atoms with Crippen LogP contribution in [0.3, 0.4) is 0 Å². The van der Waals surface area contributed by atoms with E-state index >= 15 is 0 Å². The summed E-state index contributed by atoms with van der Waals surface area (Å²) in [6.07, 6.45) is 1.65. The fourth-order valence-electron chi connectivity index (χ4n) is 4.74. The van der Waals surface area contributed by atoms with E-state index < -0.39 is 0 Å². The molecule has 0 saturated carbocycles. The molecule has 2 aliphatic heterocycles. The van der Waals surface area contributed by atoms with Gasteiger partial charge in [0.15, 0.2) is 0 Å². The number of nitrogens with zero attached hydrogens (tertiary/aromatic N) is 2. The third-order valence-corrected chi connectivity index (χ3v) is 6.67. The first kappa shape index (κ1) is 22.3. The normalized spacial score (nSPS) is 23.4. The maximum absolute atomic E-state index is 13.0. The third-order valence-electron chi connectivity index (χ3n) is 6.67. The van der Waals surface area contributed by atoms with E-state index in [1.165, 1.54) is 0 Å². The van der Waals surface area contributed by atoms with Crippen LogP contribution in [0, 0.1) is 12.8 Å². The number of ether oxygens (including phenoxy) is 1. The molecule has 0 bridgehead atoms. The largest absolute Gasteiger partial charge is 0.381 e. The molecule has 1 saturated heterocycles. The molecular weight excluding hydrogens is 404 g/mol. The Morgan fingerprint density at radius 3 is 2.56 bits per heavy atom. The topological polar surface area (TPSA) is 83.6 Å². The molecule has 4 rings (SSSR count). The fraction of sp³-hybridized carbons (Fsp3) is 0.480. The van der Waals surface area contributed by atoms with Gasteiger partial charge in [-0.2, -0.15) is 0 Å². The summed E-state index contributed by atoms with van der Waals surface area (Å²) < 4.78 is 5.39. The highest BCUT2D eigenvalue weighted by Crippen LogP contribution is 2.42. The monoisotopic (exact) mass is 436 g/mol. The minimum Gasteiger partial charge on any atom is -0.381 e. The molecule has 32 heavy (non-hydrogen) atoms. The number of aromatic nitrogens is 1. The highest BCUT2D eigenvalue weighted by molar-refractivity contribution is 5.98. The van der Waals surface area contributed by atoms with Crippen molar-refractivity contribution in [2.24, 2.45) is 5.92 Å². The molecule has 2 aliphatic rings. The van der Waals surface area contributed by atoms with Crippen molar-refractivity contribution in [2.75, 3.05) is 23.4 Å². The summed E-state index contributed by atoms with van der Waals surface area (Å²) in [6.45, 7) is 9.10. The molecule has 0 spiro atoms. The lowest BCUT2D eigenvalue weighted by Crippen LogP contribution is -2.48. The van der Waals surface area contributed by atoms with Crippen LogP contribution >= 0.6 is 0 Å². The Bertz CT molecular complexity index is 1000. The van der Waals surface area contributed by atoms with Crippen LogP contribution in [0.25, 0.3) is 0 Å². The van der Waals surface area contributed by atoms with E-state index in [1.807, 2.05) is 48.2 Å². The Kier molecular flexibility index (Phi) is 6.46. The number of amides is 2. The average molecular weight is 437 g/mol. The molecule has 1 fully saturated rings. The number of aryl methyl sites for hydroxylation is 1. The molecule has 0 radical (unpaired) electrons. The number of pyridine rings is 1. The first-order valence-corrected chi connectivity index (χ1v) is 11.4. The zero-order valence-corrected chi connectivity index (χ0v) is 19.2. The lowest BCUT2D eigenvalue weighted by Gasteiger charge is -2.44. The summed E-state index contributed by atoms with van der Waals surface area (Å²) in [6, 6.07) is 11.6. The number of hydrogen-bond acceptors (Lipinski definition) is 5. The standard InChI is InChI=1S/C25H32N4O3/c1-15-6-5-7-23(26-15)28-24-16(2)17(3)29(18(4)30)22-9-8-19(14-21(22)24)25(31)27-20-10-12-32-13-11-20/h5-9,14,16-17,20,24H,10-13H2,1-4H3,(H,26,28)(H,27,31)/t16-,17-,24?/m0/s1. The molecule has 2 N–H and O–H groups in total. The van der Waals surface area contributed by atoms with Crippen LogP contribution in [-0.2, 0) is 9.53 Å². The fourth-order valence-corrected chi connectivity index (χ4v) is 4.74. The van der Waals surface area contributed by atoms with Gasteiger partial charge in [0.2, 0.25) is 5.91 Å². The van der Waals surface area contributed by atoms with Gasteiger partial charge in [0.25, 0.3) is 5.91 Å². The van der Waals surface area contributed by atoms with Gasteiger partial charge in [-0.3, -0.25) is 9.59 Å². The zero-order chi connectivity index (χ0) is 22.8. The maximum Gasteiger partial charge on any atom is 0.251 e. The van der Waals surface area contributed by atoms with Crippen LogP contribution in [0.2, 0.25) is 0 Å². The van der Waals surface area contributed by atoms with Gasteiger partial charge < -0.3 is 20.3 Å². The smallest absolute Gasteiger partial charge is 0.251 e. The van der Waals surface area contributed by atoms with Crippen LogP contribution in [0.4, 0.5) is 11.5 Å². The van der Waals surface area contributed by atoms with Crippen molar-refractivity contribution < 1.29 is 14.3 Å². The number of carbonyl (C=O) groups is 2. The third kappa shape index (κ3) is 4.48. The SMILES string of the molecule is CC(=O)N1c2ccc(C(=O)NC3CCOCC3)cc2C(Nc2cccc(C)n2)[C@@H](C)[C@@H]1C. The minimum atomic E-state index is -0.0900. The molecule has 7 nitrogen and oxygen atoms in total. The van der Waals surface area contributed by atoms with E-state index in [4.69, 9.17) is 4.74 Å². The van der Waals surface area contributed by atoms with Crippen molar-refractivity contribution in [2.45, 2.75) is 58.7 Å². The van der Waals surface area contributed by atoms with Crippen LogP contribution in [-0.4, -0.2) is 42.1 Å². The number of anilines is 2. The number of carbonyl (C=O) groups excluding carboxylic acids is 2. The Labute approximate surface area is 189 Å². The van der Waals surface area contributed by atoms with Crippen molar-refractivity contribution in [3.05, 3.63) is 53.2 Å². The quantitative estimate of drug-likeness (QED) is 0.761. The van der Waals surface area contributed by atoms with Gasteiger partial charge in [0, 0.05) is 55.1 Å². The van der Waals surface area contributed by atoms with Gasteiger partial charge in [-0.05, 0) is 62.6 Å². The molecule has 7 heteroatoms. The predicted octanol–water partition coefficient (Wildman–Crippen LogP) is 3.84. The summed E-state index contributed by atoms with van der Waals surface area (Å²) in [5.41, 5.74) is 3.32. The summed E-state index contributed by atoms with van der Waals surface area (Å²) in [5, 5.41) is 6.70. The number of nitrogens with one attached hydrogen (secondary N) is 2. The van der Waals surface area contributed by atoms with Crippen molar-refractivity contribution in [1.29, 1.82) is 0 Å². The molecule has 0 aliphatic carbocycles. The molecule has 1 unspecified atom stereocenters. The van der Waals surface area contributed by atoms with Gasteiger partial charge in [-0.25, -0.2) is 4.98 Å². The summed E-state index contributed by atoms with van der Waals surface area (Å²) in [7, 11) is 0. The second-order valence-electron chi connectivity index (χ2n) is 8.91. The van der Waals surface area contributed by atoms with Crippen LogP contribution in [0.1, 0.15) is 61.3 Å². The molecule has 170 valence electrons. The summed E-state index contributed by atoms with van der Waals surface area (Å²) in [5.74, 6) is 0.806. The summed E-state index contributed by atoms with van der Waals surface area (Å²) >= 11 is 0. The van der Waals surface area contributed by atoms with E-state index in [0.29, 0.717) is 18.8 Å². The van der Waals surface area contributed by atoms with Crippen LogP contribution < -0.4 is 15.5 Å². The lowest BCUT2D eigenvalue weighted by atomic mass is 9.82. The second-order valence-corrected chi connectivity index (χ2v) is 8.91. The van der Waals surface area contributed by atoms with Gasteiger partial charge in [0.05, 0.1) is 6.04 Å². The van der Waals surface area contributed by atoms with Crippen molar-refractivity contribution in [1.82, 2.24) is 10.3 Å². The lowest BCUT2D eigenvalue weighted by molar-refractivity contribution is -0.117.